The SMILES string of the molecule is OCCCn1cc(CNCc2ccon2)nn1. The molecule has 0 amide bonds. The zero-order valence-electron chi connectivity index (χ0n) is 9.41. The first-order valence-corrected chi connectivity index (χ1v) is 5.48. The second-order valence-corrected chi connectivity index (χ2v) is 3.64. The van der Waals surface area contributed by atoms with Crippen LogP contribution in [0.25, 0.3) is 0 Å². The molecule has 92 valence electrons. The standard InChI is InChI=1S/C10H15N5O2/c16-4-1-3-15-8-10(12-14-15)7-11-6-9-2-5-17-13-9/h2,5,8,11,16H,1,3-4,6-7H2. The molecule has 2 heterocycles. The van der Waals surface area contributed by atoms with Gasteiger partial charge in [0.05, 0.1) is 11.4 Å². The Morgan fingerprint density at radius 2 is 2.24 bits per heavy atom. The van der Waals surface area contributed by atoms with Crippen molar-refractivity contribution in [1.29, 1.82) is 0 Å². The minimum absolute atomic E-state index is 0.166. The van der Waals surface area contributed by atoms with Gasteiger partial charge in [-0.2, -0.15) is 0 Å². The molecule has 0 aliphatic carbocycles. The van der Waals surface area contributed by atoms with Crippen LogP contribution in [0.3, 0.4) is 0 Å². The molecule has 2 aromatic heterocycles. The Hall–Kier alpha value is -1.73. The van der Waals surface area contributed by atoms with Gasteiger partial charge < -0.3 is 14.9 Å². The monoisotopic (exact) mass is 237 g/mol. The van der Waals surface area contributed by atoms with Crippen LogP contribution in [0, 0.1) is 0 Å². The molecule has 0 atom stereocenters. The van der Waals surface area contributed by atoms with Gasteiger partial charge in [-0.3, -0.25) is 4.68 Å². The lowest BCUT2D eigenvalue weighted by molar-refractivity contribution is 0.276. The molecule has 2 rings (SSSR count). The summed E-state index contributed by atoms with van der Waals surface area (Å²) in [4.78, 5) is 0. The van der Waals surface area contributed by atoms with Crippen molar-refractivity contribution in [2.24, 2.45) is 0 Å². The van der Waals surface area contributed by atoms with Crippen LogP contribution in [0.4, 0.5) is 0 Å². The molecule has 0 radical (unpaired) electrons. The summed E-state index contributed by atoms with van der Waals surface area (Å²) in [6.45, 7) is 2.12. The Balaban J connectivity index is 1.73. The lowest BCUT2D eigenvalue weighted by Crippen LogP contribution is -2.13. The Morgan fingerprint density at radius 3 is 3.00 bits per heavy atom. The zero-order valence-corrected chi connectivity index (χ0v) is 9.41. The van der Waals surface area contributed by atoms with Crippen LogP contribution in [0.15, 0.2) is 23.0 Å². The average Bonchev–Trinajstić information content (AvgIpc) is 2.98. The van der Waals surface area contributed by atoms with Crippen molar-refractivity contribution in [3.63, 3.8) is 0 Å². The molecule has 2 N–H and O–H groups in total. The summed E-state index contributed by atoms with van der Waals surface area (Å²) in [5.41, 5.74) is 1.73. The van der Waals surface area contributed by atoms with Crippen LogP contribution < -0.4 is 5.32 Å². The zero-order chi connectivity index (χ0) is 11.9. The van der Waals surface area contributed by atoms with E-state index >= 15 is 0 Å². The van der Waals surface area contributed by atoms with Crippen LogP contribution in [0.1, 0.15) is 17.8 Å². The topological polar surface area (TPSA) is 89.0 Å². The van der Waals surface area contributed by atoms with Gasteiger partial charge in [-0.05, 0) is 6.42 Å². The number of nitrogens with zero attached hydrogens (tertiary/aromatic N) is 4. The first-order chi connectivity index (χ1) is 8.38. The number of hydrogen-bond acceptors (Lipinski definition) is 6. The van der Waals surface area contributed by atoms with Crippen LogP contribution in [0.2, 0.25) is 0 Å². The second-order valence-electron chi connectivity index (χ2n) is 3.64. The van der Waals surface area contributed by atoms with E-state index in [2.05, 4.69) is 20.8 Å². The smallest absolute Gasteiger partial charge is 0.124 e. The predicted molar refractivity (Wildman–Crippen MR) is 58.8 cm³/mol. The largest absolute Gasteiger partial charge is 0.396 e. The summed E-state index contributed by atoms with van der Waals surface area (Å²) in [5.74, 6) is 0. The minimum Gasteiger partial charge on any atom is -0.396 e. The van der Waals surface area contributed by atoms with Crippen molar-refractivity contribution in [3.8, 4) is 0 Å². The van der Waals surface area contributed by atoms with Gasteiger partial charge in [0.1, 0.15) is 6.26 Å². The van der Waals surface area contributed by atoms with E-state index in [1.165, 1.54) is 0 Å². The Bertz CT molecular complexity index is 426. The van der Waals surface area contributed by atoms with Crippen molar-refractivity contribution in [1.82, 2.24) is 25.5 Å². The third-order valence-electron chi connectivity index (χ3n) is 2.23. The number of aliphatic hydroxyl groups is 1. The van der Waals surface area contributed by atoms with E-state index in [-0.39, 0.29) is 6.61 Å². The second kappa shape index (κ2) is 6.12. The quantitative estimate of drug-likeness (QED) is 0.701. The van der Waals surface area contributed by atoms with Crippen molar-refractivity contribution in [2.45, 2.75) is 26.1 Å². The maximum absolute atomic E-state index is 8.69. The summed E-state index contributed by atoms with van der Waals surface area (Å²) in [6.07, 6.45) is 4.10. The molecule has 0 bridgehead atoms. The van der Waals surface area contributed by atoms with Gasteiger partial charge in [-0.15, -0.1) is 5.10 Å². The Morgan fingerprint density at radius 1 is 1.35 bits per heavy atom. The van der Waals surface area contributed by atoms with Crippen LogP contribution in [0.5, 0.6) is 0 Å². The van der Waals surface area contributed by atoms with Crippen LogP contribution in [-0.2, 0) is 19.6 Å². The normalized spacial score (nSPS) is 10.9. The maximum atomic E-state index is 8.69. The average molecular weight is 237 g/mol. The van der Waals surface area contributed by atoms with E-state index in [0.717, 1.165) is 11.4 Å². The van der Waals surface area contributed by atoms with Crippen LogP contribution >= 0.6 is 0 Å². The number of nitrogens with one attached hydrogen (secondary N) is 1. The molecule has 0 fully saturated rings. The molecule has 0 aliphatic rings. The summed E-state index contributed by atoms with van der Waals surface area (Å²) < 4.78 is 6.45. The number of aliphatic hydroxyl groups excluding tert-OH is 1. The summed E-state index contributed by atoms with van der Waals surface area (Å²) in [6, 6.07) is 1.81. The minimum atomic E-state index is 0.166. The highest BCUT2D eigenvalue weighted by Crippen LogP contribution is 1.97. The van der Waals surface area contributed by atoms with Gasteiger partial charge in [-0.1, -0.05) is 10.4 Å². The van der Waals surface area contributed by atoms with E-state index in [9.17, 15) is 0 Å². The van der Waals surface area contributed by atoms with E-state index < -0.39 is 0 Å². The van der Waals surface area contributed by atoms with Crippen LogP contribution in [-0.4, -0.2) is 31.9 Å². The first kappa shape index (κ1) is 11.7. The third-order valence-corrected chi connectivity index (χ3v) is 2.23. The summed E-state index contributed by atoms with van der Waals surface area (Å²) in [7, 11) is 0. The van der Waals surface area contributed by atoms with Crippen molar-refractivity contribution in [3.05, 3.63) is 29.9 Å². The van der Waals surface area contributed by atoms with Crippen molar-refractivity contribution in [2.75, 3.05) is 6.61 Å². The molecule has 0 spiro atoms. The molecular formula is C10H15N5O2. The van der Waals surface area contributed by atoms with Crippen molar-refractivity contribution < 1.29 is 9.63 Å². The molecule has 0 saturated carbocycles. The molecule has 0 saturated heterocycles. The lowest BCUT2D eigenvalue weighted by atomic mass is 10.4. The number of rotatable bonds is 7. The third kappa shape index (κ3) is 3.65. The highest BCUT2D eigenvalue weighted by atomic mass is 16.5. The molecule has 7 heteroatoms. The Kier molecular flexibility index (Phi) is 4.23. The summed E-state index contributed by atoms with van der Waals surface area (Å²) >= 11 is 0. The van der Waals surface area contributed by atoms with Gasteiger partial charge in [0.2, 0.25) is 0 Å². The molecular weight excluding hydrogens is 222 g/mol. The lowest BCUT2D eigenvalue weighted by Gasteiger charge is -1.98. The first-order valence-electron chi connectivity index (χ1n) is 5.48. The molecule has 2 aromatic rings. The highest BCUT2D eigenvalue weighted by Gasteiger charge is 2.01. The fourth-order valence-electron chi connectivity index (χ4n) is 1.41. The predicted octanol–water partition coefficient (Wildman–Crippen LogP) is -0.0617. The van der Waals surface area contributed by atoms with Gasteiger partial charge in [0.25, 0.3) is 0 Å². The Labute approximate surface area is 98.4 Å². The number of hydrogen-bond donors (Lipinski definition) is 2. The summed E-state index contributed by atoms with van der Waals surface area (Å²) in [5, 5.41) is 23.6. The fraction of sp³-hybridized carbons (Fsp3) is 0.500. The maximum Gasteiger partial charge on any atom is 0.124 e. The van der Waals surface area contributed by atoms with E-state index in [1.807, 2.05) is 12.3 Å². The van der Waals surface area contributed by atoms with Gasteiger partial charge in [-0.25, -0.2) is 0 Å². The molecule has 7 nitrogen and oxygen atoms in total. The molecule has 0 unspecified atom stereocenters. The highest BCUT2D eigenvalue weighted by molar-refractivity contribution is 4.96. The van der Waals surface area contributed by atoms with Gasteiger partial charge >= 0.3 is 0 Å². The molecule has 0 aromatic carbocycles. The van der Waals surface area contributed by atoms with Gasteiger partial charge in [0.15, 0.2) is 0 Å². The number of aryl methyl sites for hydroxylation is 1. The number of aromatic nitrogens is 4. The van der Waals surface area contributed by atoms with Crippen molar-refractivity contribution >= 4 is 0 Å². The molecule has 0 aliphatic heterocycles. The van der Waals surface area contributed by atoms with E-state index in [4.69, 9.17) is 9.63 Å². The molecule has 17 heavy (non-hydrogen) atoms. The van der Waals surface area contributed by atoms with E-state index in [0.29, 0.717) is 26.1 Å². The van der Waals surface area contributed by atoms with Gasteiger partial charge in [0, 0.05) is 38.5 Å². The van der Waals surface area contributed by atoms with E-state index in [1.54, 1.807) is 10.9 Å². The fourth-order valence-corrected chi connectivity index (χ4v) is 1.41.